The Labute approximate surface area is 98.7 Å². The lowest BCUT2D eigenvalue weighted by Gasteiger charge is -2.36. The molecule has 1 saturated heterocycles. The van der Waals surface area contributed by atoms with Gasteiger partial charge in [0.15, 0.2) is 4.47 Å². The Kier molecular flexibility index (Phi) is 3.30. The van der Waals surface area contributed by atoms with E-state index in [0.717, 1.165) is 38.2 Å². The number of hydrogen-bond acceptors (Lipinski definition) is 4. The first-order chi connectivity index (χ1) is 7.05. The van der Waals surface area contributed by atoms with Gasteiger partial charge in [-0.3, -0.25) is 4.90 Å². The molecule has 1 unspecified atom stereocenters. The van der Waals surface area contributed by atoms with Crippen molar-refractivity contribution in [3.63, 3.8) is 0 Å². The maximum atomic E-state index is 9.94. The second-order valence-electron chi connectivity index (χ2n) is 4.40. The molecule has 15 heavy (non-hydrogen) atoms. The maximum Gasteiger partial charge on any atom is 0.183 e. The SMILES string of the molecule is CC1(O)CCCN(Cc2csc(Cl)n2)C1. The number of rotatable bonds is 2. The summed E-state index contributed by atoms with van der Waals surface area (Å²) in [5.41, 5.74) is 0.459. The Morgan fingerprint density at radius 1 is 1.73 bits per heavy atom. The van der Waals surface area contributed by atoms with Crippen LogP contribution in [0.1, 0.15) is 25.5 Å². The molecular formula is C10H15ClN2OS. The first kappa shape index (κ1) is 11.3. The molecular weight excluding hydrogens is 232 g/mol. The molecule has 0 spiro atoms. The topological polar surface area (TPSA) is 36.4 Å². The third kappa shape index (κ3) is 3.14. The molecule has 1 fully saturated rings. The first-order valence-electron chi connectivity index (χ1n) is 5.10. The van der Waals surface area contributed by atoms with Crippen molar-refractivity contribution in [3.8, 4) is 0 Å². The number of halogens is 1. The zero-order chi connectivity index (χ0) is 10.9. The zero-order valence-corrected chi connectivity index (χ0v) is 10.3. The van der Waals surface area contributed by atoms with Crippen molar-refractivity contribution in [1.29, 1.82) is 0 Å². The van der Waals surface area contributed by atoms with Gasteiger partial charge in [0.05, 0.1) is 11.3 Å². The summed E-state index contributed by atoms with van der Waals surface area (Å²) in [6, 6.07) is 0. The lowest BCUT2D eigenvalue weighted by Crippen LogP contribution is -2.45. The van der Waals surface area contributed by atoms with Gasteiger partial charge in [0.1, 0.15) is 0 Å². The van der Waals surface area contributed by atoms with Crippen molar-refractivity contribution >= 4 is 22.9 Å². The fourth-order valence-corrected chi connectivity index (χ4v) is 2.81. The Balaban J connectivity index is 1.95. The highest BCUT2D eigenvalue weighted by Crippen LogP contribution is 2.23. The monoisotopic (exact) mass is 246 g/mol. The van der Waals surface area contributed by atoms with E-state index in [2.05, 4.69) is 9.88 Å². The van der Waals surface area contributed by atoms with Gasteiger partial charge in [0.2, 0.25) is 0 Å². The third-order valence-electron chi connectivity index (χ3n) is 2.66. The molecule has 1 aliphatic heterocycles. The van der Waals surface area contributed by atoms with Crippen LogP contribution in [0.4, 0.5) is 0 Å². The molecule has 2 heterocycles. The molecule has 0 saturated carbocycles. The second kappa shape index (κ2) is 4.37. The molecule has 0 bridgehead atoms. The van der Waals surface area contributed by atoms with Gasteiger partial charge in [-0.1, -0.05) is 11.6 Å². The summed E-state index contributed by atoms with van der Waals surface area (Å²) >= 11 is 7.23. The summed E-state index contributed by atoms with van der Waals surface area (Å²) in [4.78, 5) is 6.44. The highest BCUT2D eigenvalue weighted by atomic mass is 35.5. The van der Waals surface area contributed by atoms with Gasteiger partial charge in [0, 0.05) is 18.5 Å². The molecule has 1 N–H and O–H groups in total. The van der Waals surface area contributed by atoms with E-state index in [-0.39, 0.29) is 0 Å². The van der Waals surface area contributed by atoms with E-state index >= 15 is 0 Å². The van der Waals surface area contributed by atoms with Crippen LogP contribution in [-0.2, 0) is 6.54 Å². The molecule has 84 valence electrons. The van der Waals surface area contributed by atoms with Crippen LogP contribution in [0.2, 0.25) is 4.47 Å². The average molecular weight is 247 g/mol. The van der Waals surface area contributed by atoms with Gasteiger partial charge >= 0.3 is 0 Å². The van der Waals surface area contributed by atoms with Crippen molar-refractivity contribution in [1.82, 2.24) is 9.88 Å². The summed E-state index contributed by atoms with van der Waals surface area (Å²) < 4.78 is 0.591. The van der Waals surface area contributed by atoms with Crippen LogP contribution in [0.3, 0.4) is 0 Å². The largest absolute Gasteiger partial charge is 0.389 e. The fraction of sp³-hybridized carbons (Fsp3) is 0.700. The van der Waals surface area contributed by atoms with Crippen LogP contribution in [0, 0.1) is 0 Å². The highest BCUT2D eigenvalue weighted by molar-refractivity contribution is 7.13. The van der Waals surface area contributed by atoms with E-state index in [9.17, 15) is 5.11 Å². The Morgan fingerprint density at radius 2 is 2.53 bits per heavy atom. The van der Waals surface area contributed by atoms with Crippen LogP contribution in [-0.4, -0.2) is 33.7 Å². The molecule has 1 aromatic heterocycles. The first-order valence-corrected chi connectivity index (χ1v) is 6.36. The Bertz CT molecular complexity index is 340. The molecule has 2 rings (SSSR count). The number of aromatic nitrogens is 1. The van der Waals surface area contributed by atoms with Gasteiger partial charge in [0.25, 0.3) is 0 Å². The summed E-state index contributed by atoms with van der Waals surface area (Å²) in [7, 11) is 0. The quantitative estimate of drug-likeness (QED) is 0.869. The van der Waals surface area contributed by atoms with Crippen molar-refractivity contribution in [3.05, 3.63) is 15.5 Å². The molecule has 5 heteroatoms. The van der Waals surface area contributed by atoms with Crippen molar-refractivity contribution in [2.45, 2.75) is 31.9 Å². The van der Waals surface area contributed by atoms with E-state index in [1.807, 2.05) is 12.3 Å². The molecule has 0 aromatic carbocycles. The number of likely N-dealkylation sites (tertiary alicyclic amines) is 1. The second-order valence-corrected chi connectivity index (χ2v) is 5.84. The number of thiazole rings is 1. The van der Waals surface area contributed by atoms with Gasteiger partial charge in [-0.15, -0.1) is 11.3 Å². The minimum Gasteiger partial charge on any atom is -0.389 e. The van der Waals surface area contributed by atoms with Gasteiger partial charge in [-0.2, -0.15) is 0 Å². The standard InChI is InChI=1S/C10H15ClN2OS/c1-10(14)3-2-4-13(7-10)5-8-6-15-9(11)12-8/h6,14H,2-5,7H2,1H3. The van der Waals surface area contributed by atoms with Gasteiger partial charge in [-0.25, -0.2) is 4.98 Å². The van der Waals surface area contributed by atoms with Gasteiger partial charge in [-0.05, 0) is 26.3 Å². The highest BCUT2D eigenvalue weighted by Gasteiger charge is 2.28. The molecule has 0 amide bonds. The van der Waals surface area contributed by atoms with Crippen molar-refractivity contribution < 1.29 is 5.11 Å². The van der Waals surface area contributed by atoms with Crippen molar-refractivity contribution in [2.24, 2.45) is 0 Å². The summed E-state index contributed by atoms with van der Waals surface area (Å²) in [5, 5.41) is 11.9. The average Bonchev–Trinajstić information content (AvgIpc) is 2.49. The molecule has 3 nitrogen and oxygen atoms in total. The zero-order valence-electron chi connectivity index (χ0n) is 8.74. The number of piperidine rings is 1. The summed E-state index contributed by atoms with van der Waals surface area (Å²) in [5.74, 6) is 0. The van der Waals surface area contributed by atoms with Crippen LogP contribution in [0.5, 0.6) is 0 Å². The molecule has 1 aliphatic rings. The van der Waals surface area contributed by atoms with Gasteiger partial charge < -0.3 is 5.11 Å². The lowest BCUT2D eigenvalue weighted by molar-refractivity contribution is -0.0184. The fourth-order valence-electron chi connectivity index (χ4n) is 2.04. The molecule has 0 aliphatic carbocycles. The van der Waals surface area contributed by atoms with Crippen LogP contribution in [0.15, 0.2) is 5.38 Å². The minimum absolute atomic E-state index is 0.544. The summed E-state index contributed by atoms with van der Waals surface area (Å²) in [6.45, 7) is 4.44. The van der Waals surface area contributed by atoms with E-state index < -0.39 is 5.60 Å². The molecule has 0 radical (unpaired) electrons. The minimum atomic E-state index is -0.544. The number of aliphatic hydroxyl groups is 1. The number of β-amino-alcohol motifs (C(OH)–C–C–N with tert-alkyl or cyclic N) is 1. The maximum absolute atomic E-state index is 9.94. The number of hydrogen-bond donors (Lipinski definition) is 1. The number of nitrogens with zero attached hydrogens (tertiary/aromatic N) is 2. The van der Waals surface area contributed by atoms with E-state index in [0.29, 0.717) is 4.47 Å². The van der Waals surface area contributed by atoms with Crippen LogP contribution >= 0.6 is 22.9 Å². The van der Waals surface area contributed by atoms with E-state index in [1.165, 1.54) is 11.3 Å². The molecule has 1 aromatic rings. The normalized spacial score (nSPS) is 28.2. The Hall–Kier alpha value is -0.160. The molecule has 1 atom stereocenters. The lowest BCUT2D eigenvalue weighted by atomic mass is 9.95. The van der Waals surface area contributed by atoms with E-state index in [1.54, 1.807) is 0 Å². The van der Waals surface area contributed by atoms with E-state index in [4.69, 9.17) is 11.6 Å². The Morgan fingerprint density at radius 3 is 3.13 bits per heavy atom. The van der Waals surface area contributed by atoms with Crippen LogP contribution < -0.4 is 0 Å². The smallest absolute Gasteiger partial charge is 0.183 e. The predicted molar refractivity (Wildman–Crippen MR) is 62.3 cm³/mol. The van der Waals surface area contributed by atoms with Crippen LogP contribution in [0.25, 0.3) is 0 Å². The van der Waals surface area contributed by atoms with Crippen molar-refractivity contribution in [2.75, 3.05) is 13.1 Å². The predicted octanol–water partition coefficient (Wildman–Crippen LogP) is 2.14. The summed E-state index contributed by atoms with van der Waals surface area (Å²) in [6.07, 6.45) is 1.94. The third-order valence-corrected chi connectivity index (χ3v) is 3.69.